The fourth-order valence-electron chi connectivity index (χ4n) is 4.25. The lowest BCUT2D eigenvalue weighted by Gasteiger charge is -2.15. The maximum Gasteiger partial charge on any atom is 0.267 e. The monoisotopic (exact) mass is 536 g/mol. The van der Waals surface area contributed by atoms with Crippen molar-refractivity contribution in [3.8, 4) is 23.6 Å². The lowest BCUT2D eigenvalue weighted by molar-refractivity contribution is -0.129. The second-order valence-electron chi connectivity index (χ2n) is 8.93. The summed E-state index contributed by atoms with van der Waals surface area (Å²) in [6.45, 7) is 2.17. The molecule has 0 radical (unpaired) electrons. The molecular weight excluding hydrogens is 508 g/mol. The van der Waals surface area contributed by atoms with Gasteiger partial charge < -0.3 is 11.1 Å². The van der Waals surface area contributed by atoms with Crippen LogP contribution in [0.4, 0.5) is 11.8 Å². The fourth-order valence-corrected chi connectivity index (χ4v) is 4.25. The normalized spacial score (nSPS) is 10.4. The number of nitrogens with two attached hydrogens (primary N) is 1. The molecule has 0 bridgehead atoms. The summed E-state index contributed by atoms with van der Waals surface area (Å²) in [6.07, 6.45) is 2.13. The third-order valence-electron chi connectivity index (χ3n) is 6.12. The van der Waals surface area contributed by atoms with E-state index in [9.17, 15) is 14.9 Å². The Labute approximate surface area is 230 Å². The third kappa shape index (κ3) is 6.41. The van der Waals surface area contributed by atoms with Gasteiger partial charge in [0.15, 0.2) is 0 Å². The summed E-state index contributed by atoms with van der Waals surface area (Å²) in [5.41, 5.74) is 9.75. The molecule has 2 aromatic heterocycles. The molecular formula is C29H28N8O3. The first-order valence-electron chi connectivity index (χ1n) is 12.7. The highest BCUT2D eigenvalue weighted by molar-refractivity contribution is 5.84. The number of aryl methyl sites for hydroxylation is 2. The van der Waals surface area contributed by atoms with Crippen molar-refractivity contribution in [3.05, 3.63) is 81.5 Å². The van der Waals surface area contributed by atoms with Crippen LogP contribution < -0.4 is 22.1 Å². The standard InChI is InChI=1S/C29H28N8O3/c1-19-22(18-30)27(35-29(31)33-19)32-17-9-15-24-34-23-14-8-11-20(10-4-2-7-16-25(38)36-40)26(23)28(39)37(24)21-12-5-3-6-13-21/h3,5-6,8,11-14,40H,2,7,9,15-17H2,1H3,(H,36,38)(H3,31,32,33,35). The van der Waals surface area contributed by atoms with Gasteiger partial charge >= 0.3 is 0 Å². The maximum atomic E-state index is 13.9. The molecule has 202 valence electrons. The number of benzene rings is 2. The number of aromatic nitrogens is 4. The Morgan fingerprint density at radius 3 is 2.65 bits per heavy atom. The third-order valence-corrected chi connectivity index (χ3v) is 6.12. The Balaban J connectivity index is 1.63. The van der Waals surface area contributed by atoms with Gasteiger partial charge in [-0.25, -0.2) is 15.4 Å². The molecule has 40 heavy (non-hydrogen) atoms. The van der Waals surface area contributed by atoms with Crippen molar-refractivity contribution in [3.63, 3.8) is 0 Å². The van der Waals surface area contributed by atoms with Crippen molar-refractivity contribution in [1.29, 1.82) is 5.26 Å². The zero-order chi connectivity index (χ0) is 28.5. The van der Waals surface area contributed by atoms with Gasteiger partial charge in [0.05, 0.1) is 22.3 Å². The number of nitrogens with one attached hydrogen (secondary N) is 2. The minimum Gasteiger partial charge on any atom is -0.369 e. The van der Waals surface area contributed by atoms with E-state index in [0.717, 1.165) is 0 Å². The van der Waals surface area contributed by atoms with Gasteiger partial charge in [0.2, 0.25) is 11.9 Å². The first-order valence-corrected chi connectivity index (χ1v) is 12.7. The Morgan fingerprint density at radius 1 is 1.10 bits per heavy atom. The van der Waals surface area contributed by atoms with Crippen molar-refractivity contribution in [2.24, 2.45) is 0 Å². The molecule has 0 fully saturated rings. The van der Waals surface area contributed by atoms with E-state index >= 15 is 0 Å². The van der Waals surface area contributed by atoms with Gasteiger partial charge in [-0.15, -0.1) is 0 Å². The summed E-state index contributed by atoms with van der Waals surface area (Å²) in [5.74, 6) is 6.65. The molecule has 2 aromatic carbocycles. The molecule has 5 N–H and O–H groups in total. The minimum absolute atomic E-state index is 0.0858. The van der Waals surface area contributed by atoms with E-state index in [1.807, 2.05) is 30.3 Å². The van der Waals surface area contributed by atoms with Gasteiger partial charge in [0, 0.05) is 31.4 Å². The van der Waals surface area contributed by atoms with Crippen molar-refractivity contribution in [2.75, 3.05) is 17.6 Å². The second kappa shape index (κ2) is 13.0. The number of anilines is 2. The molecule has 0 spiro atoms. The van der Waals surface area contributed by atoms with Gasteiger partial charge in [-0.3, -0.25) is 19.4 Å². The van der Waals surface area contributed by atoms with Gasteiger partial charge in [-0.2, -0.15) is 10.2 Å². The summed E-state index contributed by atoms with van der Waals surface area (Å²) in [7, 11) is 0. The van der Waals surface area contributed by atoms with E-state index < -0.39 is 5.91 Å². The highest BCUT2D eigenvalue weighted by atomic mass is 16.5. The van der Waals surface area contributed by atoms with E-state index in [-0.39, 0.29) is 17.9 Å². The predicted octanol–water partition coefficient (Wildman–Crippen LogP) is 3.01. The molecule has 4 rings (SSSR count). The van der Waals surface area contributed by atoms with Crippen LogP contribution in [0.25, 0.3) is 16.6 Å². The molecule has 0 atom stereocenters. The van der Waals surface area contributed by atoms with Crippen molar-refractivity contribution in [1.82, 2.24) is 25.0 Å². The highest BCUT2D eigenvalue weighted by Crippen LogP contribution is 2.19. The first kappa shape index (κ1) is 27.8. The van der Waals surface area contributed by atoms with Crippen LogP contribution in [0, 0.1) is 30.1 Å². The molecule has 0 unspecified atom stereocenters. The Morgan fingerprint density at radius 2 is 1.90 bits per heavy atom. The number of rotatable bonds is 9. The number of carbonyl (C=O) groups is 1. The molecule has 2 heterocycles. The fraction of sp³-hybridized carbons (Fsp3) is 0.241. The number of hydrogen-bond donors (Lipinski definition) is 4. The number of para-hydroxylation sites is 1. The number of amides is 1. The van der Waals surface area contributed by atoms with Crippen LogP contribution in [0.2, 0.25) is 0 Å². The van der Waals surface area contributed by atoms with Gasteiger partial charge in [0.1, 0.15) is 23.3 Å². The average Bonchev–Trinajstić information content (AvgIpc) is 2.95. The SMILES string of the molecule is Cc1nc(N)nc(NCCCc2nc3cccc(C#CCCCC(=O)NO)c3c(=O)n2-c2ccccc2)c1C#N. The summed E-state index contributed by atoms with van der Waals surface area (Å²) in [4.78, 5) is 38.1. The summed E-state index contributed by atoms with van der Waals surface area (Å²) >= 11 is 0. The Bertz CT molecular complexity index is 1700. The summed E-state index contributed by atoms with van der Waals surface area (Å²) in [5, 5.41) is 21.6. The number of hydroxylamine groups is 1. The molecule has 11 heteroatoms. The van der Waals surface area contributed by atoms with Crippen molar-refractivity contribution in [2.45, 2.75) is 39.0 Å². The molecule has 0 aliphatic carbocycles. The van der Waals surface area contributed by atoms with E-state index in [0.29, 0.717) is 77.3 Å². The number of carbonyl (C=O) groups excluding carboxylic acids is 1. The summed E-state index contributed by atoms with van der Waals surface area (Å²) in [6, 6.07) is 16.8. The number of nitrogens with zero attached hydrogens (tertiary/aromatic N) is 5. The van der Waals surface area contributed by atoms with E-state index in [2.05, 4.69) is 33.2 Å². The molecule has 1 amide bonds. The van der Waals surface area contributed by atoms with Crippen LogP contribution in [0.15, 0.2) is 53.3 Å². The zero-order valence-corrected chi connectivity index (χ0v) is 21.9. The number of fused-ring (bicyclic) bond motifs is 1. The molecule has 0 aliphatic rings. The van der Waals surface area contributed by atoms with Crippen molar-refractivity contribution < 1.29 is 10.0 Å². The molecule has 4 aromatic rings. The Hall–Kier alpha value is -5.26. The predicted molar refractivity (Wildman–Crippen MR) is 151 cm³/mol. The molecule has 0 saturated heterocycles. The Kier molecular flexibility index (Phi) is 9.03. The number of nitrogen functional groups attached to an aromatic ring is 1. The van der Waals surface area contributed by atoms with Crippen LogP contribution >= 0.6 is 0 Å². The van der Waals surface area contributed by atoms with Gasteiger partial charge in [-0.05, 0) is 44.0 Å². The maximum absolute atomic E-state index is 13.9. The first-order chi connectivity index (χ1) is 19.4. The largest absolute Gasteiger partial charge is 0.369 e. The average molecular weight is 537 g/mol. The summed E-state index contributed by atoms with van der Waals surface area (Å²) < 4.78 is 1.60. The van der Waals surface area contributed by atoms with Crippen LogP contribution in [-0.4, -0.2) is 37.2 Å². The molecule has 0 saturated carbocycles. The lowest BCUT2D eigenvalue weighted by Crippen LogP contribution is -2.25. The van der Waals surface area contributed by atoms with Gasteiger partial charge in [-0.1, -0.05) is 36.1 Å². The topological polar surface area (TPSA) is 172 Å². The quantitative estimate of drug-likeness (QED) is 0.109. The zero-order valence-electron chi connectivity index (χ0n) is 21.9. The van der Waals surface area contributed by atoms with Gasteiger partial charge in [0.25, 0.3) is 5.56 Å². The van der Waals surface area contributed by atoms with Crippen molar-refractivity contribution >= 4 is 28.6 Å². The second-order valence-corrected chi connectivity index (χ2v) is 8.93. The van der Waals surface area contributed by atoms with E-state index in [4.69, 9.17) is 15.9 Å². The minimum atomic E-state index is -0.466. The number of hydrogen-bond acceptors (Lipinski definition) is 9. The van der Waals surface area contributed by atoms with Crippen LogP contribution in [0.3, 0.4) is 0 Å². The highest BCUT2D eigenvalue weighted by Gasteiger charge is 2.15. The number of unbranched alkanes of at least 4 members (excludes halogenated alkanes) is 1. The molecule has 0 aliphatic heterocycles. The van der Waals surface area contributed by atoms with Crippen LogP contribution in [0.5, 0.6) is 0 Å². The smallest absolute Gasteiger partial charge is 0.267 e. The lowest BCUT2D eigenvalue weighted by atomic mass is 10.1. The van der Waals surface area contributed by atoms with E-state index in [1.165, 1.54) is 0 Å². The number of nitriles is 1. The van der Waals surface area contributed by atoms with Crippen LogP contribution in [0.1, 0.15) is 48.3 Å². The van der Waals surface area contributed by atoms with Crippen LogP contribution in [-0.2, 0) is 11.2 Å². The van der Waals surface area contributed by atoms with E-state index in [1.54, 1.807) is 35.2 Å². The molecule has 11 nitrogen and oxygen atoms in total.